The summed E-state index contributed by atoms with van der Waals surface area (Å²) >= 11 is 1.66. The van der Waals surface area contributed by atoms with Crippen LogP contribution in [0.2, 0.25) is 0 Å². The third-order valence-corrected chi connectivity index (χ3v) is 8.48. The maximum Gasteiger partial charge on any atom is 0.420 e. The molecule has 0 bridgehead atoms. The van der Waals surface area contributed by atoms with Crippen LogP contribution in [0.15, 0.2) is 6.33 Å². The fourth-order valence-electron chi connectivity index (χ4n) is 5.52. The molecule has 0 spiro atoms. The molecule has 0 aliphatic heterocycles. The van der Waals surface area contributed by atoms with Gasteiger partial charge in [0.1, 0.15) is 28.5 Å². The minimum Gasteiger partial charge on any atom is -0.474 e. The number of rotatable bonds is 7. The monoisotopic (exact) mass is 602 g/mol. The average molecular weight is 603 g/mol. The van der Waals surface area contributed by atoms with Crippen molar-refractivity contribution in [3.05, 3.63) is 16.8 Å². The number of aromatic nitrogens is 2. The molecule has 0 saturated heterocycles. The lowest BCUT2D eigenvalue weighted by molar-refractivity contribution is -0.121. The number of nitrogens with zero attached hydrogens (tertiary/aromatic N) is 3. The summed E-state index contributed by atoms with van der Waals surface area (Å²) < 4.78 is 17.6. The molecular formula is C31H46N4O6S. The third-order valence-electron chi connectivity index (χ3n) is 7.30. The Bertz CT molecular complexity index is 1260. The van der Waals surface area contributed by atoms with Gasteiger partial charge >= 0.3 is 12.2 Å². The van der Waals surface area contributed by atoms with Crippen LogP contribution in [0.5, 0.6) is 5.88 Å². The van der Waals surface area contributed by atoms with Crippen LogP contribution in [-0.4, -0.2) is 62.9 Å². The molecule has 11 heteroatoms. The van der Waals surface area contributed by atoms with E-state index in [1.807, 2.05) is 0 Å². The van der Waals surface area contributed by atoms with Gasteiger partial charge in [0.25, 0.3) is 0 Å². The normalized spacial score (nSPS) is 20.7. The van der Waals surface area contributed by atoms with Gasteiger partial charge in [-0.3, -0.25) is 4.79 Å². The van der Waals surface area contributed by atoms with Gasteiger partial charge in [0.05, 0.1) is 5.39 Å². The second-order valence-electron chi connectivity index (χ2n) is 13.8. The molecule has 2 aromatic rings. The molecule has 1 N–H and O–H groups in total. The van der Waals surface area contributed by atoms with E-state index < -0.39 is 23.4 Å². The Morgan fingerprint density at radius 2 is 1.60 bits per heavy atom. The van der Waals surface area contributed by atoms with Crippen LogP contribution < -0.4 is 10.1 Å². The lowest BCUT2D eigenvalue weighted by Crippen LogP contribution is -2.50. The first kappa shape index (κ1) is 32.0. The summed E-state index contributed by atoms with van der Waals surface area (Å²) in [6.07, 6.45) is 4.66. The van der Waals surface area contributed by atoms with Crippen molar-refractivity contribution in [1.29, 1.82) is 0 Å². The number of hydrogen-bond donors (Lipinski definition) is 1. The molecule has 1 saturated carbocycles. The maximum atomic E-state index is 13.1. The van der Waals surface area contributed by atoms with Crippen LogP contribution in [0, 0.1) is 5.92 Å². The van der Waals surface area contributed by atoms with Crippen LogP contribution in [0.3, 0.4) is 0 Å². The van der Waals surface area contributed by atoms with Crippen LogP contribution in [0.25, 0.3) is 10.2 Å². The minimum atomic E-state index is -0.746. The van der Waals surface area contributed by atoms with Gasteiger partial charge in [0, 0.05) is 23.9 Å². The largest absolute Gasteiger partial charge is 0.474 e. The highest BCUT2D eigenvalue weighted by Crippen LogP contribution is 2.47. The summed E-state index contributed by atoms with van der Waals surface area (Å²) in [5.74, 6) is 1.13. The highest BCUT2D eigenvalue weighted by Gasteiger charge is 2.39. The van der Waals surface area contributed by atoms with Gasteiger partial charge in [-0.05, 0) is 97.5 Å². The lowest BCUT2D eigenvalue weighted by atomic mass is 9.92. The van der Waals surface area contributed by atoms with Crippen molar-refractivity contribution in [2.45, 2.75) is 130 Å². The number of aryl methyl sites for hydroxylation is 1. The van der Waals surface area contributed by atoms with E-state index >= 15 is 0 Å². The first-order chi connectivity index (χ1) is 19.6. The smallest absolute Gasteiger partial charge is 0.420 e. The van der Waals surface area contributed by atoms with Crippen molar-refractivity contribution in [1.82, 2.24) is 20.2 Å². The molecule has 0 aromatic carbocycles. The quantitative estimate of drug-likeness (QED) is 0.370. The van der Waals surface area contributed by atoms with Crippen LogP contribution >= 0.6 is 11.3 Å². The topological polar surface area (TPSA) is 120 Å². The molecule has 1 fully saturated rings. The first-order valence-electron chi connectivity index (χ1n) is 15.1. The summed E-state index contributed by atoms with van der Waals surface area (Å²) in [7, 11) is 0. The number of nitrogens with one attached hydrogen (secondary N) is 1. The number of ether oxygens (including phenoxy) is 3. The van der Waals surface area contributed by atoms with E-state index in [0.29, 0.717) is 50.4 Å². The van der Waals surface area contributed by atoms with E-state index in [9.17, 15) is 14.4 Å². The fraction of sp³-hybridized carbons (Fsp3) is 0.710. The van der Waals surface area contributed by atoms with Gasteiger partial charge in [-0.15, -0.1) is 11.3 Å². The Labute approximate surface area is 252 Å². The Hall–Kier alpha value is -2.95. The molecule has 4 rings (SSSR count). The van der Waals surface area contributed by atoms with Crippen molar-refractivity contribution < 1.29 is 28.6 Å². The van der Waals surface area contributed by atoms with E-state index in [1.54, 1.807) is 52.9 Å². The summed E-state index contributed by atoms with van der Waals surface area (Å²) in [5, 5.41) is 3.97. The van der Waals surface area contributed by atoms with Gasteiger partial charge < -0.3 is 19.5 Å². The van der Waals surface area contributed by atoms with Crippen molar-refractivity contribution >= 4 is 39.6 Å². The van der Waals surface area contributed by atoms with Crippen molar-refractivity contribution in [3.63, 3.8) is 0 Å². The molecule has 2 aliphatic rings. The molecule has 0 unspecified atom stereocenters. The van der Waals surface area contributed by atoms with Gasteiger partial charge in [-0.25, -0.2) is 24.5 Å². The molecule has 3 amide bonds. The van der Waals surface area contributed by atoms with Gasteiger partial charge in [-0.1, -0.05) is 13.8 Å². The zero-order valence-corrected chi connectivity index (χ0v) is 27.1. The molecular weight excluding hydrogens is 556 g/mol. The highest BCUT2D eigenvalue weighted by atomic mass is 32.1. The number of amides is 3. The van der Waals surface area contributed by atoms with Gasteiger partial charge in [-0.2, -0.15) is 0 Å². The molecule has 232 valence electrons. The Kier molecular flexibility index (Phi) is 9.69. The van der Waals surface area contributed by atoms with Crippen LogP contribution in [0.1, 0.15) is 110 Å². The number of carbonyl (C=O) groups is 3. The second kappa shape index (κ2) is 12.7. The number of thiophene rings is 1. The predicted octanol–water partition coefficient (Wildman–Crippen LogP) is 6.75. The van der Waals surface area contributed by atoms with Crippen molar-refractivity contribution in [3.8, 4) is 5.88 Å². The lowest BCUT2D eigenvalue weighted by Gasteiger charge is -2.36. The van der Waals surface area contributed by atoms with Gasteiger partial charge in [0.2, 0.25) is 11.8 Å². The maximum absolute atomic E-state index is 13.1. The van der Waals surface area contributed by atoms with E-state index in [0.717, 1.165) is 33.5 Å². The molecule has 2 aromatic heterocycles. The molecule has 2 aliphatic carbocycles. The van der Waals surface area contributed by atoms with Crippen molar-refractivity contribution in [2.24, 2.45) is 5.92 Å². The summed E-state index contributed by atoms with van der Waals surface area (Å²) in [4.78, 5) is 51.2. The van der Waals surface area contributed by atoms with E-state index in [-0.39, 0.29) is 24.0 Å². The fourth-order valence-corrected chi connectivity index (χ4v) is 6.75. The van der Waals surface area contributed by atoms with Crippen LogP contribution in [0.4, 0.5) is 9.59 Å². The molecule has 1 atom stereocenters. The summed E-state index contributed by atoms with van der Waals surface area (Å²) in [6, 6.07) is -0.362. The molecule has 0 radical (unpaired) electrons. The standard InChI is InChI=1S/C31H46N4O6S/c1-18(2)16-32-23(36)15-19-9-14-22-24(19)25-26(33-17-34-27(25)42-22)39-21-12-10-20(11-13-21)35(28(37)40-30(3,4)5)29(38)41-31(6,7)8/h17-21H,9-16H2,1-8H3,(H,32,36)/t19-,20?,21?/m1/s1. The Morgan fingerprint density at radius 1 is 0.976 bits per heavy atom. The Morgan fingerprint density at radius 3 is 2.17 bits per heavy atom. The summed E-state index contributed by atoms with van der Waals surface area (Å²) in [6.45, 7) is 15.5. The zero-order chi connectivity index (χ0) is 30.8. The molecule has 10 nitrogen and oxygen atoms in total. The zero-order valence-electron chi connectivity index (χ0n) is 26.2. The minimum absolute atomic E-state index is 0.0677. The van der Waals surface area contributed by atoms with E-state index in [1.165, 1.54) is 11.2 Å². The number of hydrogen-bond acceptors (Lipinski definition) is 9. The molecule has 42 heavy (non-hydrogen) atoms. The van der Waals surface area contributed by atoms with E-state index in [2.05, 4.69) is 29.1 Å². The number of carbonyl (C=O) groups excluding carboxylic acids is 3. The molecule has 2 heterocycles. The SMILES string of the molecule is CC(C)CNC(=O)C[C@H]1CCc2sc3ncnc(OC4CCC(N(C(=O)OC(C)(C)C)C(=O)OC(C)(C)C)CC4)c3c21. The van der Waals surface area contributed by atoms with Gasteiger partial charge in [0.15, 0.2) is 0 Å². The predicted molar refractivity (Wildman–Crippen MR) is 162 cm³/mol. The Balaban J connectivity index is 1.47. The number of imide groups is 1. The third kappa shape index (κ3) is 8.11. The average Bonchev–Trinajstić information content (AvgIpc) is 3.42. The summed E-state index contributed by atoms with van der Waals surface area (Å²) in [5.41, 5.74) is -0.340. The van der Waals surface area contributed by atoms with E-state index in [4.69, 9.17) is 14.2 Å². The first-order valence-corrected chi connectivity index (χ1v) is 15.9. The number of fused-ring (bicyclic) bond motifs is 3. The van der Waals surface area contributed by atoms with Crippen molar-refractivity contribution in [2.75, 3.05) is 6.54 Å². The van der Waals surface area contributed by atoms with Crippen LogP contribution in [-0.2, 0) is 20.7 Å². The highest BCUT2D eigenvalue weighted by molar-refractivity contribution is 7.19. The second-order valence-corrected chi connectivity index (χ2v) is 14.9.